The van der Waals surface area contributed by atoms with E-state index < -0.39 is 5.54 Å². The van der Waals surface area contributed by atoms with Crippen LogP contribution in [0.4, 0.5) is 0 Å². The zero-order valence-corrected chi connectivity index (χ0v) is 19.5. The number of methoxy groups -OCH3 is 1. The minimum Gasteiger partial charge on any atom is -0.497 e. The van der Waals surface area contributed by atoms with Gasteiger partial charge in [-0.2, -0.15) is 0 Å². The second kappa shape index (κ2) is 12.2. The van der Waals surface area contributed by atoms with E-state index in [0.717, 1.165) is 31.7 Å². The highest BCUT2D eigenvalue weighted by molar-refractivity contribution is 6.30. The fourth-order valence-electron chi connectivity index (χ4n) is 3.95. The molecule has 1 aliphatic carbocycles. The van der Waals surface area contributed by atoms with Crippen molar-refractivity contribution in [3.8, 4) is 5.75 Å². The summed E-state index contributed by atoms with van der Waals surface area (Å²) < 4.78 is 4.91. The van der Waals surface area contributed by atoms with Crippen molar-refractivity contribution in [1.82, 2.24) is 14.7 Å². The van der Waals surface area contributed by atoms with Crippen LogP contribution in [0.5, 0.6) is 5.75 Å². The monoisotopic (exact) mass is 479 g/mol. The molecule has 0 radical (unpaired) electrons. The number of ether oxygens (including phenoxy) is 1. The van der Waals surface area contributed by atoms with Gasteiger partial charge in [-0.3, -0.25) is 19.2 Å². The van der Waals surface area contributed by atoms with Gasteiger partial charge in [0.1, 0.15) is 11.3 Å². The van der Waals surface area contributed by atoms with Crippen molar-refractivity contribution in [1.29, 1.82) is 0 Å². The SMILES string of the molecule is C=CC(=O)N1CCN(CC(=O)N2CCCC2)C(=O)C12CC2.COc1cccc(Cl)c1.O=CO. The molecule has 1 aromatic carbocycles. The molecule has 1 saturated carbocycles. The molecular formula is C23H30ClN3O6. The van der Waals surface area contributed by atoms with Gasteiger partial charge in [-0.15, -0.1) is 0 Å². The van der Waals surface area contributed by atoms with Gasteiger partial charge >= 0.3 is 0 Å². The van der Waals surface area contributed by atoms with Gasteiger partial charge in [0, 0.05) is 31.2 Å². The Morgan fingerprint density at radius 1 is 1.21 bits per heavy atom. The van der Waals surface area contributed by atoms with Crippen molar-refractivity contribution in [3.63, 3.8) is 0 Å². The summed E-state index contributed by atoms with van der Waals surface area (Å²) in [5.41, 5.74) is -0.686. The molecule has 3 aliphatic rings. The van der Waals surface area contributed by atoms with Crippen molar-refractivity contribution < 1.29 is 29.0 Å². The van der Waals surface area contributed by atoms with Crippen molar-refractivity contribution in [2.75, 3.05) is 39.8 Å². The van der Waals surface area contributed by atoms with Gasteiger partial charge in [0.25, 0.3) is 6.47 Å². The number of carbonyl (C=O) groups is 4. The first-order chi connectivity index (χ1) is 15.8. The average molecular weight is 480 g/mol. The van der Waals surface area contributed by atoms with Crippen molar-refractivity contribution >= 4 is 35.8 Å². The van der Waals surface area contributed by atoms with Crippen molar-refractivity contribution in [2.45, 2.75) is 31.2 Å². The molecule has 33 heavy (non-hydrogen) atoms. The Balaban J connectivity index is 0.000000267. The largest absolute Gasteiger partial charge is 0.497 e. The molecule has 9 nitrogen and oxygen atoms in total. The third-order valence-electron chi connectivity index (χ3n) is 5.78. The fourth-order valence-corrected chi connectivity index (χ4v) is 4.13. The number of carbonyl (C=O) groups excluding carboxylic acids is 3. The lowest BCUT2D eigenvalue weighted by molar-refractivity contribution is -0.154. The number of nitrogens with zero attached hydrogens (tertiary/aromatic N) is 3. The maximum absolute atomic E-state index is 12.6. The summed E-state index contributed by atoms with van der Waals surface area (Å²) in [6.07, 6.45) is 4.74. The number of carboxylic acid groups (broad SMARTS) is 1. The van der Waals surface area contributed by atoms with Gasteiger partial charge in [0.2, 0.25) is 17.7 Å². The number of benzene rings is 1. The van der Waals surface area contributed by atoms with Gasteiger partial charge in [0.05, 0.1) is 13.7 Å². The van der Waals surface area contributed by atoms with E-state index in [2.05, 4.69) is 6.58 Å². The van der Waals surface area contributed by atoms with Crippen molar-refractivity contribution in [3.05, 3.63) is 41.9 Å². The number of hydrogen-bond donors (Lipinski definition) is 1. The summed E-state index contributed by atoms with van der Waals surface area (Å²) in [5, 5.41) is 7.59. The van der Waals surface area contributed by atoms with Crippen LogP contribution in [-0.4, -0.2) is 89.4 Å². The minimum atomic E-state index is -0.686. The molecule has 180 valence electrons. The molecule has 0 bridgehead atoms. The lowest BCUT2D eigenvalue weighted by Gasteiger charge is -2.40. The number of piperazine rings is 1. The number of amides is 3. The van der Waals surface area contributed by atoms with Crippen LogP contribution in [0.1, 0.15) is 25.7 Å². The first-order valence-electron chi connectivity index (χ1n) is 10.7. The number of hydrogen-bond acceptors (Lipinski definition) is 5. The molecule has 3 fully saturated rings. The number of rotatable bonds is 4. The first kappa shape index (κ1) is 26.2. The summed E-state index contributed by atoms with van der Waals surface area (Å²) in [7, 11) is 1.62. The van der Waals surface area contributed by atoms with Gasteiger partial charge in [-0.1, -0.05) is 24.2 Å². The molecule has 0 aromatic heterocycles. The molecule has 4 rings (SSSR count). The van der Waals surface area contributed by atoms with Crippen LogP contribution in [0.3, 0.4) is 0 Å². The molecule has 2 aliphatic heterocycles. The van der Waals surface area contributed by atoms with E-state index in [1.807, 2.05) is 23.1 Å². The van der Waals surface area contributed by atoms with Crippen LogP contribution in [0, 0.1) is 0 Å². The van der Waals surface area contributed by atoms with E-state index in [0.29, 0.717) is 31.0 Å². The third kappa shape index (κ3) is 6.71. The van der Waals surface area contributed by atoms with Crippen molar-refractivity contribution in [2.24, 2.45) is 0 Å². The molecule has 1 spiro atoms. The van der Waals surface area contributed by atoms with Crippen LogP contribution < -0.4 is 4.74 Å². The summed E-state index contributed by atoms with van der Waals surface area (Å²) in [6.45, 7) is 5.91. The van der Waals surface area contributed by atoms with Gasteiger partial charge < -0.3 is 24.5 Å². The normalized spacial score (nSPS) is 17.9. The summed E-state index contributed by atoms with van der Waals surface area (Å²) in [6, 6.07) is 7.28. The highest BCUT2D eigenvalue weighted by atomic mass is 35.5. The molecule has 1 aromatic rings. The van der Waals surface area contributed by atoms with E-state index in [1.54, 1.807) is 23.0 Å². The Hall–Kier alpha value is -3.07. The maximum atomic E-state index is 12.6. The Morgan fingerprint density at radius 2 is 1.85 bits per heavy atom. The van der Waals surface area contributed by atoms with Crippen LogP contribution in [-0.2, 0) is 19.2 Å². The second-order valence-corrected chi connectivity index (χ2v) is 8.24. The molecule has 2 saturated heterocycles. The molecule has 2 heterocycles. The minimum absolute atomic E-state index is 0.0279. The zero-order valence-electron chi connectivity index (χ0n) is 18.7. The highest BCUT2D eigenvalue weighted by Crippen LogP contribution is 2.45. The second-order valence-electron chi connectivity index (χ2n) is 7.81. The Bertz CT molecular complexity index is 868. The Morgan fingerprint density at radius 3 is 2.33 bits per heavy atom. The number of halogens is 1. The molecule has 1 N–H and O–H groups in total. The first-order valence-corrected chi connectivity index (χ1v) is 11.1. The third-order valence-corrected chi connectivity index (χ3v) is 6.01. The van der Waals surface area contributed by atoms with Crippen LogP contribution in [0.25, 0.3) is 0 Å². The van der Waals surface area contributed by atoms with E-state index >= 15 is 0 Å². The molecule has 3 amide bonds. The summed E-state index contributed by atoms with van der Waals surface area (Å²) >= 11 is 5.64. The Labute approximate surface area is 198 Å². The average Bonchev–Trinajstić information content (AvgIpc) is 3.39. The van der Waals surface area contributed by atoms with E-state index in [9.17, 15) is 14.4 Å². The van der Waals surface area contributed by atoms with Gasteiger partial charge in [-0.25, -0.2) is 0 Å². The smallest absolute Gasteiger partial charge is 0.290 e. The van der Waals surface area contributed by atoms with Crippen LogP contribution in [0.2, 0.25) is 5.02 Å². The topological polar surface area (TPSA) is 107 Å². The molecular weight excluding hydrogens is 450 g/mol. The maximum Gasteiger partial charge on any atom is 0.290 e. The van der Waals surface area contributed by atoms with E-state index in [1.165, 1.54) is 6.08 Å². The van der Waals surface area contributed by atoms with E-state index in [4.69, 9.17) is 26.2 Å². The standard InChI is InChI=1S/C15H21N3O3.C7H7ClO.CH2O2/c1-2-12(19)18-10-9-17(14(21)15(18)5-6-15)11-13(20)16-7-3-4-8-16;1-9-7-4-2-3-6(8)5-7;2-1-3/h2H,1,3-11H2;2-5H,1H3;1H,(H,2,3). The lowest BCUT2D eigenvalue weighted by atomic mass is 10.1. The zero-order chi connectivity index (χ0) is 24.4. The lowest BCUT2D eigenvalue weighted by Crippen LogP contribution is -2.61. The van der Waals surface area contributed by atoms with Gasteiger partial charge in [0.15, 0.2) is 0 Å². The molecule has 0 atom stereocenters. The predicted molar refractivity (Wildman–Crippen MR) is 123 cm³/mol. The summed E-state index contributed by atoms with van der Waals surface area (Å²) in [4.78, 5) is 50.1. The molecule has 10 heteroatoms. The summed E-state index contributed by atoms with van der Waals surface area (Å²) in [5.74, 6) is 0.561. The predicted octanol–water partition coefficient (Wildman–Crippen LogP) is 2.05. The van der Waals surface area contributed by atoms with E-state index in [-0.39, 0.29) is 30.7 Å². The molecule has 0 unspecified atom stereocenters. The number of likely N-dealkylation sites (tertiary alicyclic amines) is 1. The van der Waals surface area contributed by atoms with Crippen LogP contribution >= 0.6 is 11.6 Å². The van der Waals surface area contributed by atoms with Crippen LogP contribution in [0.15, 0.2) is 36.9 Å². The fraction of sp³-hybridized carbons (Fsp3) is 0.478. The van der Waals surface area contributed by atoms with Gasteiger partial charge in [-0.05, 0) is 50.0 Å². The quantitative estimate of drug-likeness (QED) is 0.523. The Kier molecular flexibility index (Phi) is 9.72. The highest BCUT2D eigenvalue weighted by Gasteiger charge is 2.59.